The molecule has 0 saturated heterocycles. The number of phenols is 1. The summed E-state index contributed by atoms with van der Waals surface area (Å²) in [6.07, 6.45) is 0. The van der Waals surface area contributed by atoms with E-state index in [1.807, 2.05) is 25.1 Å². The molecule has 0 unspecified atom stereocenters. The van der Waals surface area contributed by atoms with Gasteiger partial charge in [-0.15, -0.1) is 0 Å². The quantitative estimate of drug-likeness (QED) is 0.675. The molecule has 1 nitrogen and oxygen atoms in total. The molecule has 2 aromatic rings. The zero-order valence-corrected chi connectivity index (χ0v) is 15.5. The number of hydrogen-bond acceptors (Lipinski definition) is 1. The van der Waals surface area contributed by atoms with Gasteiger partial charge in [-0.05, 0) is 69.4 Å². The molecule has 0 amide bonds. The van der Waals surface area contributed by atoms with Crippen molar-refractivity contribution in [3.63, 3.8) is 0 Å². The summed E-state index contributed by atoms with van der Waals surface area (Å²) in [5, 5.41) is 10.6. The maximum atomic E-state index is 10.6. The lowest BCUT2D eigenvalue weighted by Gasteiger charge is -2.21. The number of allylic oxidation sites excluding steroid dienone is 4. The van der Waals surface area contributed by atoms with Crippen molar-refractivity contribution in [1.29, 1.82) is 0 Å². The van der Waals surface area contributed by atoms with Gasteiger partial charge in [0.25, 0.3) is 0 Å². The van der Waals surface area contributed by atoms with Gasteiger partial charge in [-0.3, -0.25) is 0 Å². The molecular weight excluding hydrogens is 292 g/mol. The number of hydrogen-bond donors (Lipinski definition) is 1. The van der Waals surface area contributed by atoms with Gasteiger partial charge >= 0.3 is 0 Å². The third kappa shape index (κ3) is 2.49. The van der Waals surface area contributed by atoms with E-state index >= 15 is 0 Å². The van der Waals surface area contributed by atoms with Crippen molar-refractivity contribution in [1.82, 2.24) is 0 Å². The van der Waals surface area contributed by atoms with Crippen LogP contribution < -0.4 is 0 Å². The van der Waals surface area contributed by atoms with Gasteiger partial charge in [-0.2, -0.15) is 0 Å². The van der Waals surface area contributed by atoms with Crippen LogP contribution in [0.15, 0.2) is 58.7 Å². The van der Waals surface area contributed by atoms with E-state index in [1.54, 1.807) is 0 Å². The number of aryl methyl sites for hydroxylation is 2. The average Bonchev–Trinajstić information content (AvgIpc) is 2.74. The van der Waals surface area contributed by atoms with E-state index in [2.05, 4.69) is 52.8 Å². The molecule has 1 heteroatoms. The zero-order chi connectivity index (χ0) is 17.6. The molecule has 0 aliphatic heterocycles. The fourth-order valence-electron chi connectivity index (χ4n) is 3.86. The molecule has 24 heavy (non-hydrogen) atoms. The van der Waals surface area contributed by atoms with Crippen LogP contribution in [0.4, 0.5) is 0 Å². The van der Waals surface area contributed by atoms with Gasteiger partial charge in [-0.1, -0.05) is 53.1 Å². The lowest BCUT2D eigenvalue weighted by Crippen LogP contribution is -2.03. The van der Waals surface area contributed by atoms with Gasteiger partial charge in [0.2, 0.25) is 0 Å². The Morgan fingerprint density at radius 3 is 2.00 bits per heavy atom. The summed E-state index contributed by atoms with van der Waals surface area (Å²) < 4.78 is 0. The molecule has 0 saturated carbocycles. The standard InChI is InChI=1S/C23H26O/c1-13-10-11-19(20-9-7-8-14(2)23(20)24)21(12-13)22-17(5)15(3)16(4)18(22)6/h7-12,22,24H,1-6H3. The number of phenolic OH excluding ortho intramolecular Hbond substituents is 1. The van der Waals surface area contributed by atoms with E-state index in [0.29, 0.717) is 11.7 Å². The molecular formula is C23H26O. The minimum absolute atomic E-state index is 0.305. The van der Waals surface area contributed by atoms with Crippen molar-refractivity contribution in [2.24, 2.45) is 0 Å². The summed E-state index contributed by atoms with van der Waals surface area (Å²) in [4.78, 5) is 0. The van der Waals surface area contributed by atoms with Crippen molar-refractivity contribution < 1.29 is 5.11 Å². The first-order chi connectivity index (χ1) is 11.3. The van der Waals surface area contributed by atoms with Gasteiger partial charge < -0.3 is 5.11 Å². The van der Waals surface area contributed by atoms with Crippen LogP contribution in [0.5, 0.6) is 5.75 Å². The maximum Gasteiger partial charge on any atom is 0.126 e. The highest BCUT2D eigenvalue weighted by Crippen LogP contribution is 2.47. The lowest BCUT2D eigenvalue weighted by molar-refractivity contribution is 0.473. The van der Waals surface area contributed by atoms with E-state index in [9.17, 15) is 5.11 Å². The van der Waals surface area contributed by atoms with E-state index in [1.165, 1.54) is 33.4 Å². The summed E-state index contributed by atoms with van der Waals surface area (Å²) in [7, 11) is 0. The molecule has 3 rings (SSSR count). The first-order valence-corrected chi connectivity index (χ1v) is 8.57. The predicted molar refractivity (Wildman–Crippen MR) is 103 cm³/mol. The van der Waals surface area contributed by atoms with Crippen LogP contribution in [-0.4, -0.2) is 5.11 Å². The highest BCUT2D eigenvalue weighted by molar-refractivity contribution is 5.77. The van der Waals surface area contributed by atoms with Gasteiger partial charge in [-0.25, -0.2) is 0 Å². The fraction of sp³-hybridized carbons (Fsp3) is 0.304. The highest BCUT2D eigenvalue weighted by Gasteiger charge is 2.28. The molecule has 2 aromatic carbocycles. The van der Waals surface area contributed by atoms with Gasteiger partial charge in [0.15, 0.2) is 0 Å². The van der Waals surface area contributed by atoms with Crippen LogP contribution in [0.3, 0.4) is 0 Å². The van der Waals surface area contributed by atoms with E-state index in [-0.39, 0.29) is 0 Å². The molecule has 0 bridgehead atoms. The van der Waals surface area contributed by atoms with Crippen LogP contribution in [-0.2, 0) is 0 Å². The van der Waals surface area contributed by atoms with Crippen molar-refractivity contribution in [2.75, 3.05) is 0 Å². The second-order valence-corrected chi connectivity index (χ2v) is 7.11. The Hall–Kier alpha value is -2.28. The number of benzene rings is 2. The molecule has 1 aliphatic carbocycles. The van der Waals surface area contributed by atoms with Crippen molar-refractivity contribution in [3.8, 4) is 16.9 Å². The molecule has 0 spiro atoms. The van der Waals surface area contributed by atoms with Crippen LogP contribution in [0.2, 0.25) is 0 Å². The zero-order valence-electron chi connectivity index (χ0n) is 15.5. The first kappa shape index (κ1) is 16.6. The second-order valence-electron chi connectivity index (χ2n) is 7.11. The first-order valence-electron chi connectivity index (χ1n) is 8.57. The molecule has 0 fully saturated rings. The largest absolute Gasteiger partial charge is 0.507 e. The predicted octanol–water partition coefficient (Wildman–Crippen LogP) is 6.45. The fourth-order valence-corrected chi connectivity index (χ4v) is 3.86. The monoisotopic (exact) mass is 318 g/mol. The third-order valence-corrected chi connectivity index (χ3v) is 5.66. The van der Waals surface area contributed by atoms with E-state index in [4.69, 9.17) is 0 Å². The van der Waals surface area contributed by atoms with Gasteiger partial charge in [0.05, 0.1) is 0 Å². The normalized spacial score (nSPS) is 15.6. The molecule has 124 valence electrons. The Morgan fingerprint density at radius 2 is 1.38 bits per heavy atom. The smallest absolute Gasteiger partial charge is 0.126 e. The summed E-state index contributed by atoms with van der Waals surface area (Å²) in [5.74, 6) is 0.692. The second kappa shape index (κ2) is 5.98. The van der Waals surface area contributed by atoms with Crippen molar-refractivity contribution in [3.05, 3.63) is 75.4 Å². The topological polar surface area (TPSA) is 20.2 Å². The van der Waals surface area contributed by atoms with Crippen LogP contribution >= 0.6 is 0 Å². The number of aromatic hydroxyl groups is 1. The third-order valence-electron chi connectivity index (χ3n) is 5.66. The van der Waals surface area contributed by atoms with Crippen LogP contribution in [0.1, 0.15) is 50.3 Å². The van der Waals surface area contributed by atoms with Gasteiger partial charge in [0.1, 0.15) is 5.75 Å². The Bertz CT molecular complexity index is 857. The van der Waals surface area contributed by atoms with Crippen molar-refractivity contribution in [2.45, 2.75) is 47.5 Å². The SMILES string of the molecule is CC1=C(C)C(c2cc(C)ccc2-c2cccc(C)c2O)C(C)=C1C. The Labute approximate surface area is 145 Å². The Balaban J connectivity index is 2.28. The summed E-state index contributed by atoms with van der Waals surface area (Å²) in [5.41, 5.74) is 11.2. The molecule has 0 atom stereocenters. The highest BCUT2D eigenvalue weighted by atomic mass is 16.3. The Kier molecular flexibility index (Phi) is 4.13. The number of para-hydroxylation sites is 1. The van der Waals surface area contributed by atoms with E-state index in [0.717, 1.165) is 16.7 Å². The van der Waals surface area contributed by atoms with Crippen LogP contribution in [0, 0.1) is 13.8 Å². The minimum atomic E-state index is 0.305. The molecule has 1 aliphatic rings. The maximum absolute atomic E-state index is 10.6. The molecule has 1 N–H and O–H groups in total. The average molecular weight is 318 g/mol. The summed E-state index contributed by atoms with van der Waals surface area (Å²) in [6, 6.07) is 12.6. The van der Waals surface area contributed by atoms with Crippen molar-refractivity contribution >= 4 is 0 Å². The summed E-state index contributed by atoms with van der Waals surface area (Å²) >= 11 is 0. The summed E-state index contributed by atoms with van der Waals surface area (Å²) in [6.45, 7) is 13.0. The molecule has 0 aromatic heterocycles. The number of rotatable bonds is 2. The lowest BCUT2D eigenvalue weighted by atomic mass is 9.83. The molecule has 0 radical (unpaired) electrons. The minimum Gasteiger partial charge on any atom is -0.507 e. The van der Waals surface area contributed by atoms with E-state index < -0.39 is 0 Å². The Morgan fingerprint density at radius 1 is 0.750 bits per heavy atom. The molecule has 0 heterocycles. The van der Waals surface area contributed by atoms with Gasteiger partial charge in [0, 0.05) is 11.5 Å². The van der Waals surface area contributed by atoms with Crippen LogP contribution in [0.25, 0.3) is 11.1 Å².